The SMILES string of the molecule is Cc1cccc(CN2CC[C@]3(CCCN(Cc4ccsc4)C3)C2=O)n1. The van der Waals surface area contributed by atoms with Crippen molar-refractivity contribution < 1.29 is 4.79 Å². The highest BCUT2D eigenvalue weighted by molar-refractivity contribution is 7.07. The van der Waals surface area contributed by atoms with Crippen molar-refractivity contribution in [2.45, 2.75) is 39.3 Å². The van der Waals surface area contributed by atoms with Crippen molar-refractivity contribution in [1.82, 2.24) is 14.8 Å². The van der Waals surface area contributed by atoms with E-state index in [2.05, 4.69) is 26.7 Å². The monoisotopic (exact) mass is 355 g/mol. The van der Waals surface area contributed by atoms with Crippen molar-refractivity contribution in [3.8, 4) is 0 Å². The molecule has 4 nitrogen and oxygen atoms in total. The highest BCUT2D eigenvalue weighted by Crippen LogP contribution is 2.41. The Morgan fingerprint density at radius 1 is 1.20 bits per heavy atom. The van der Waals surface area contributed by atoms with Gasteiger partial charge in [0, 0.05) is 25.3 Å². The first-order chi connectivity index (χ1) is 12.1. The fourth-order valence-electron chi connectivity index (χ4n) is 4.31. The summed E-state index contributed by atoms with van der Waals surface area (Å²) in [6.07, 6.45) is 3.13. The zero-order valence-corrected chi connectivity index (χ0v) is 15.6. The van der Waals surface area contributed by atoms with Gasteiger partial charge in [-0.3, -0.25) is 14.7 Å². The maximum absolute atomic E-state index is 13.2. The summed E-state index contributed by atoms with van der Waals surface area (Å²) in [7, 11) is 0. The summed E-state index contributed by atoms with van der Waals surface area (Å²) < 4.78 is 0. The van der Waals surface area contributed by atoms with E-state index in [-0.39, 0.29) is 5.41 Å². The molecule has 2 saturated heterocycles. The molecule has 2 aliphatic rings. The Labute approximate surface area is 153 Å². The van der Waals surface area contributed by atoms with Gasteiger partial charge in [0.2, 0.25) is 5.91 Å². The molecule has 25 heavy (non-hydrogen) atoms. The number of hydrogen-bond donors (Lipinski definition) is 0. The van der Waals surface area contributed by atoms with E-state index < -0.39 is 0 Å². The molecule has 132 valence electrons. The second-order valence-corrected chi connectivity index (χ2v) is 8.25. The third-order valence-electron chi connectivity index (χ3n) is 5.54. The Balaban J connectivity index is 1.44. The van der Waals surface area contributed by atoms with Crippen molar-refractivity contribution in [3.63, 3.8) is 0 Å². The Bertz CT molecular complexity index is 745. The molecule has 1 spiro atoms. The van der Waals surface area contributed by atoms with Gasteiger partial charge in [-0.05, 0) is 67.3 Å². The molecule has 2 aliphatic heterocycles. The molecule has 0 N–H and O–H groups in total. The topological polar surface area (TPSA) is 36.4 Å². The average molecular weight is 356 g/mol. The number of pyridine rings is 1. The number of thiophene rings is 1. The van der Waals surface area contributed by atoms with Crippen LogP contribution in [0.4, 0.5) is 0 Å². The van der Waals surface area contributed by atoms with Crippen molar-refractivity contribution in [3.05, 3.63) is 52.0 Å². The molecule has 4 heterocycles. The Morgan fingerprint density at radius 3 is 2.92 bits per heavy atom. The predicted molar refractivity (Wildman–Crippen MR) is 100 cm³/mol. The molecule has 0 unspecified atom stereocenters. The minimum absolute atomic E-state index is 0.169. The van der Waals surface area contributed by atoms with Gasteiger partial charge in [0.25, 0.3) is 0 Å². The van der Waals surface area contributed by atoms with Crippen LogP contribution in [0.3, 0.4) is 0 Å². The van der Waals surface area contributed by atoms with Crippen LogP contribution in [0.15, 0.2) is 35.0 Å². The van der Waals surface area contributed by atoms with Crippen LogP contribution in [0.2, 0.25) is 0 Å². The molecular weight excluding hydrogens is 330 g/mol. The Morgan fingerprint density at radius 2 is 2.12 bits per heavy atom. The van der Waals surface area contributed by atoms with Crippen LogP contribution in [0, 0.1) is 12.3 Å². The van der Waals surface area contributed by atoms with Crippen LogP contribution in [0.25, 0.3) is 0 Å². The molecule has 0 aliphatic carbocycles. The van der Waals surface area contributed by atoms with Crippen molar-refractivity contribution in [2.24, 2.45) is 5.41 Å². The van der Waals surface area contributed by atoms with Gasteiger partial charge in [-0.2, -0.15) is 11.3 Å². The Kier molecular flexibility index (Phi) is 4.61. The number of aromatic nitrogens is 1. The number of rotatable bonds is 4. The molecule has 0 aromatic carbocycles. The summed E-state index contributed by atoms with van der Waals surface area (Å²) >= 11 is 1.75. The lowest BCUT2D eigenvalue weighted by Gasteiger charge is -2.39. The minimum Gasteiger partial charge on any atom is -0.336 e. The largest absolute Gasteiger partial charge is 0.336 e. The summed E-state index contributed by atoms with van der Waals surface area (Å²) in [5, 5.41) is 4.35. The van der Waals surface area contributed by atoms with Crippen LogP contribution >= 0.6 is 11.3 Å². The van der Waals surface area contributed by atoms with Gasteiger partial charge < -0.3 is 4.90 Å². The maximum atomic E-state index is 13.2. The van der Waals surface area contributed by atoms with Gasteiger partial charge in [-0.1, -0.05) is 6.07 Å². The standard InChI is InChI=1S/C20H25N3OS/c1-16-4-2-5-18(21-16)13-23-10-8-20(19(23)24)7-3-9-22(15-20)12-17-6-11-25-14-17/h2,4-6,11,14H,3,7-10,12-13,15H2,1H3/t20-/m0/s1. The van der Waals surface area contributed by atoms with Crippen LogP contribution in [-0.4, -0.2) is 40.3 Å². The van der Waals surface area contributed by atoms with Crippen LogP contribution < -0.4 is 0 Å². The van der Waals surface area contributed by atoms with E-state index in [1.54, 1.807) is 11.3 Å². The molecule has 1 atom stereocenters. The van der Waals surface area contributed by atoms with E-state index in [1.807, 2.05) is 30.0 Å². The molecule has 0 bridgehead atoms. The van der Waals surface area contributed by atoms with Gasteiger partial charge in [-0.25, -0.2) is 0 Å². The zero-order valence-electron chi connectivity index (χ0n) is 14.8. The Hall–Kier alpha value is -1.72. The van der Waals surface area contributed by atoms with E-state index in [1.165, 1.54) is 5.56 Å². The lowest BCUT2D eigenvalue weighted by atomic mass is 9.78. The number of aryl methyl sites for hydroxylation is 1. The van der Waals surface area contributed by atoms with E-state index in [0.29, 0.717) is 12.5 Å². The smallest absolute Gasteiger partial charge is 0.230 e. The number of piperidine rings is 1. The molecule has 2 aromatic rings. The first kappa shape index (κ1) is 16.7. The normalized spacial score (nSPS) is 24.4. The average Bonchev–Trinajstić information content (AvgIpc) is 3.20. The highest BCUT2D eigenvalue weighted by atomic mass is 32.1. The van der Waals surface area contributed by atoms with E-state index >= 15 is 0 Å². The number of amides is 1. The second-order valence-electron chi connectivity index (χ2n) is 7.47. The number of nitrogens with zero attached hydrogens (tertiary/aromatic N) is 3. The summed E-state index contributed by atoms with van der Waals surface area (Å²) in [6.45, 7) is 6.48. The quantitative estimate of drug-likeness (QED) is 0.843. The van der Waals surface area contributed by atoms with Gasteiger partial charge in [0.15, 0.2) is 0 Å². The first-order valence-corrected chi connectivity index (χ1v) is 10.0. The lowest BCUT2D eigenvalue weighted by molar-refractivity contribution is -0.139. The molecular formula is C20H25N3OS. The van der Waals surface area contributed by atoms with E-state index in [9.17, 15) is 4.79 Å². The first-order valence-electron chi connectivity index (χ1n) is 9.10. The fourth-order valence-corrected chi connectivity index (χ4v) is 4.97. The fraction of sp³-hybridized carbons (Fsp3) is 0.500. The summed E-state index contributed by atoms with van der Waals surface area (Å²) in [6, 6.07) is 8.24. The van der Waals surface area contributed by atoms with Gasteiger partial charge >= 0.3 is 0 Å². The third-order valence-corrected chi connectivity index (χ3v) is 6.27. The molecule has 2 aromatic heterocycles. The zero-order chi connectivity index (χ0) is 17.3. The molecule has 4 rings (SSSR count). The predicted octanol–water partition coefficient (Wildman–Crippen LogP) is 3.47. The molecule has 0 radical (unpaired) electrons. The minimum atomic E-state index is -0.169. The summed E-state index contributed by atoms with van der Waals surface area (Å²) in [5.74, 6) is 0.339. The van der Waals surface area contributed by atoms with Crippen LogP contribution in [0.1, 0.15) is 36.2 Å². The van der Waals surface area contributed by atoms with Crippen LogP contribution in [0.5, 0.6) is 0 Å². The van der Waals surface area contributed by atoms with Gasteiger partial charge in [0.1, 0.15) is 0 Å². The van der Waals surface area contributed by atoms with Crippen LogP contribution in [-0.2, 0) is 17.9 Å². The highest BCUT2D eigenvalue weighted by Gasteiger charge is 2.48. The van der Waals surface area contributed by atoms with Gasteiger partial charge in [0.05, 0.1) is 17.7 Å². The summed E-state index contributed by atoms with van der Waals surface area (Å²) in [5.41, 5.74) is 3.21. The number of hydrogen-bond acceptors (Lipinski definition) is 4. The summed E-state index contributed by atoms with van der Waals surface area (Å²) in [4.78, 5) is 22.3. The molecule has 1 amide bonds. The number of likely N-dealkylation sites (tertiary alicyclic amines) is 2. The van der Waals surface area contributed by atoms with Crippen molar-refractivity contribution in [1.29, 1.82) is 0 Å². The molecule has 5 heteroatoms. The van der Waals surface area contributed by atoms with Gasteiger partial charge in [-0.15, -0.1) is 0 Å². The molecule has 0 saturated carbocycles. The van der Waals surface area contributed by atoms with E-state index in [4.69, 9.17) is 0 Å². The number of carbonyl (C=O) groups excluding carboxylic acids is 1. The van der Waals surface area contributed by atoms with Crippen molar-refractivity contribution in [2.75, 3.05) is 19.6 Å². The lowest BCUT2D eigenvalue weighted by Crippen LogP contribution is -2.47. The molecule has 2 fully saturated rings. The maximum Gasteiger partial charge on any atom is 0.230 e. The second kappa shape index (κ2) is 6.89. The third kappa shape index (κ3) is 3.48. The number of carbonyl (C=O) groups is 1. The van der Waals surface area contributed by atoms with Crippen molar-refractivity contribution >= 4 is 17.2 Å². The van der Waals surface area contributed by atoms with E-state index in [0.717, 1.165) is 56.8 Å².